The Labute approximate surface area is 178 Å². The third kappa shape index (κ3) is 5.03. The van der Waals surface area contributed by atoms with Crippen molar-refractivity contribution in [1.82, 2.24) is 9.99 Å². The standard InChI is InChI=1S/C23H22BrN3O2/c1-4-13-29-21-11-12-22(24)19(14-21)15-25-26-23(28)18-7-9-20(10-8-18)27-16(2)5-6-17(27)3/h4-12,14-15H,1,13H2,2-3H3,(H,26,28)/b25-15-. The van der Waals surface area contributed by atoms with Crippen LogP contribution in [-0.2, 0) is 0 Å². The smallest absolute Gasteiger partial charge is 0.271 e. The number of carbonyl (C=O) groups excluding carboxylic acids is 1. The number of hydrazone groups is 1. The van der Waals surface area contributed by atoms with Crippen molar-refractivity contribution in [3.8, 4) is 11.4 Å². The summed E-state index contributed by atoms with van der Waals surface area (Å²) in [5.41, 5.74) is 7.20. The first-order valence-electron chi connectivity index (χ1n) is 9.11. The lowest BCUT2D eigenvalue weighted by Crippen LogP contribution is -2.17. The lowest BCUT2D eigenvalue weighted by Gasteiger charge is -2.10. The maximum absolute atomic E-state index is 12.4. The minimum Gasteiger partial charge on any atom is -0.490 e. The fourth-order valence-corrected chi connectivity index (χ4v) is 3.28. The van der Waals surface area contributed by atoms with Gasteiger partial charge in [0.05, 0.1) is 6.21 Å². The Morgan fingerprint density at radius 2 is 1.83 bits per heavy atom. The molecule has 0 aliphatic heterocycles. The number of benzene rings is 2. The molecule has 0 atom stereocenters. The van der Waals surface area contributed by atoms with Crippen molar-refractivity contribution in [2.75, 3.05) is 6.61 Å². The Hall–Kier alpha value is -3.12. The van der Waals surface area contributed by atoms with E-state index >= 15 is 0 Å². The fourth-order valence-electron chi connectivity index (χ4n) is 2.93. The number of halogens is 1. The largest absolute Gasteiger partial charge is 0.490 e. The van der Waals surface area contributed by atoms with Crippen molar-refractivity contribution < 1.29 is 9.53 Å². The van der Waals surface area contributed by atoms with Crippen LogP contribution in [0.2, 0.25) is 0 Å². The molecule has 0 saturated carbocycles. The molecule has 0 aliphatic carbocycles. The lowest BCUT2D eigenvalue weighted by atomic mass is 10.2. The number of hydrogen-bond donors (Lipinski definition) is 1. The number of nitrogens with zero attached hydrogens (tertiary/aromatic N) is 2. The van der Waals surface area contributed by atoms with Crippen molar-refractivity contribution >= 4 is 28.1 Å². The summed E-state index contributed by atoms with van der Waals surface area (Å²) in [7, 11) is 0. The summed E-state index contributed by atoms with van der Waals surface area (Å²) >= 11 is 3.47. The molecule has 0 spiro atoms. The topological polar surface area (TPSA) is 55.6 Å². The Morgan fingerprint density at radius 3 is 2.48 bits per heavy atom. The molecule has 0 radical (unpaired) electrons. The normalized spacial score (nSPS) is 10.9. The van der Waals surface area contributed by atoms with Crippen molar-refractivity contribution in [2.45, 2.75) is 13.8 Å². The van der Waals surface area contributed by atoms with Crippen LogP contribution >= 0.6 is 15.9 Å². The average Bonchev–Trinajstić information content (AvgIpc) is 3.06. The van der Waals surface area contributed by atoms with Gasteiger partial charge in [0.25, 0.3) is 5.91 Å². The second-order valence-corrected chi connectivity index (χ2v) is 7.33. The predicted molar refractivity (Wildman–Crippen MR) is 120 cm³/mol. The predicted octanol–water partition coefficient (Wildman–Crippen LogP) is 5.19. The van der Waals surface area contributed by atoms with Crippen LogP contribution in [0.15, 0.2) is 76.8 Å². The molecule has 3 rings (SSSR count). The van der Waals surface area contributed by atoms with E-state index in [1.165, 1.54) is 0 Å². The third-order valence-electron chi connectivity index (χ3n) is 4.36. The molecule has 1 aromatic heterocycles. The molecule has 1 amide bonds. The molecule has 148 valence electrons. The number of amides is 1. The summed E-state index contributed by atoms with van der Waals surface area (Å²) in [5, 5.41) is 4.07. The molecular weight excluding hydrogens is 430 g/mol. The van der Waals surface area contributed by atoms with Crippen LogP contribution in [0.5, 0.6) is 5.75 Å². The zero-order chi connectivity index (χ0) is 20.8. The van der Waals surface area contributed by atoms with Crippen LogP contribution < -0.4 is 10.2 Å². The Morgan fingerprint density at radius 1 is 1.14 bits per heavy atom. The van der Waals surface area contributed by atoms with Gasteiger partial charge in [0.1, 0.15) is 12.4 Å². The molecule has 3 aromatic rings. The highest BCUT2D eigenvalue weighted by Gasteiger charge is 2.07. The summed E-state index contributed by atoms with van der Waals surface area (Å²) in [6.45, 7) is 8.16. The molecule has 0 aliphatic rings. The second kappa shape index (κ2) is 9.39. The molecule has 1 heterocycles. The van der Waals surface area contributed by atoms with Crippen molar-refractivity contribution in [2.24, 2.45) is 5.10 Å². The van der Waals surface area contributed by atoms with E-state index in [0.717, 1.165) is 27.1 Å². The van der Waals surface area contributed by atoms with Gasteiger partial charge in [0.2, 0.25) is 0 Å². The molecule has 6 heteroatoms. The summed E-state index contributed by atoms with van der Waals surface area (Å²) in [6, 6.07) is 17.1. The van der Waals surface area contributed by atoms with Crippen LogP contribution in [0.4, 0.5) is 0 Å². The van der Waals surface area contributed by atoms with Gasteiger partial charge in [-0.1, -0.05) is 28.6 Å². The number of nitrogens with one attached hydrogen (secondary N) is 1. The van der Waals surface area contributed by atoms with Crippen molar-refractivity contribution in [3.63, 3.8) is 0 Å². The third-order valence-corrected chi connectivity index (χ3v) is 5.09. The highest BCUT2D eigenvalue weighted by atomic mass is 79.9. The van der Waals surface area contributed by atoms with Crippen LogP contribution in [-0.4, -0.2) is 23.3 Å². The van der Waals surface area contributed by atoms with E-state index < -0.39 is 0 Å². The zero-order valence-electron chi connectivity index (χ0n) is 16.4. The van der Waals surface area contributed by atoms with Crippen LogP contribution in [0.25, 0.3) is 5.69 Å². The number of carbonyl (C=O) groups is 1. The van der Waals surface area contributed by atoms with Crippen molar-refractivity contribution in [1.29, 1.82) is 0 Å². The molecule has 0 fully saturated rings. The van der Waals surface area contributed by atoms with E-state index in [4.69, 9.17) is 4.74 Å². The molecule has 29 heavy (non-hydrogen) atoms. The molecule has 5 nitrogen and oxygen atoms in total. The summed E-state index contributed by atoms with van der Waals surface area (Å²) < 4.78 is 8.50. The summed E-state index contributed by atoms with van der Waals surface area (Å²) in [4.78, 5) is 12.4. The highest BCUT2D eigenvalue weighted by molar-refractivity contribution is 9.10. The lowest BCUT2D eigenvalue weighted by molar-refractivity contribution is 0.0955. The first-order chi connectivity index (χ1) is 14.0. The molecular formula is C23H22BrN3O2. The maximum Gasteiger partial charge on any atom is 0.271 e. The van der Waals surface area contributed by atoms with E-state index in [9.17, 15) is 4.79 Å². The number of hydrogen-bond acceptors (Lipinski definition) is 3. The maximum atomic E-state index is 12.4. The van der Waals surface area contributed by atoms with E-state index in [1.807, 2.05) is 30.3 Å². The first kappa shape index (κ1) is 20.6. The van der Waals surface area contributed by atoms with E-state index in [-0.39, 0.29) is 5.91 Å². The quantitative estimate of drug-likeness (QED) is 0.305. The van der Waals surface area contributed by atoms with Gasteiger partial charge in [-0.15, -0.1) is 0 Å². The van der Waals surface area contributed by atoms with E-state index in [1.54, 1.807) is 24.4 Å². The number of rotatable bonds is 7. The van der Waals surface area contributed by atoms with Gasteiger partial charge >= 0.3 is 0 Å². The zero-order valence-corrected chi connectivity index (χ0v) is 17.9. The van der Waals surface area contributed by atoms with Crippen LogP contribution in [0.1, 0.15) is 27.3 Å². The Kier molecular flexibility index (Phi) is 6.67. The number of aromatic nitrogens is 1. The summed E-state index contributed by atoms with van der Waals surface area (Å²) in [5.74, 6) is 0.427. The highest BCUT2D eigenvalue weighted by Crippen LogP contribution is 2.21. The van der Waals surface area contributed by atoms with Gasteiger partial charge in [-0.05, 0) is 68.4 Å². The van der Waals surface area contributed by atoms with Crippen LogP contribution in [0.3, 0.4) is 0 Å². The van der Waals surface area contributed by atoms with Gasteiger partial charge in [0, 0.05) is 32.7 Å². The van der Waals surface area contributed by atoms with Gasteiger partial charge in [-0.25, -0.2) is 5.43 Å². The van der Waals surface area contributed by atoms with Crippen LogP contribution in [0, 0.1) is 13.8 Å². The number of ether oxygens (including phenoxy) is 1. The van der Waals surface area contributed by atoms with Gasteiger partial charge in [-0.2, -0.15) is 5.10 Å². The van der Waals surface area contributed by atoms with E-state index in [2.05, 4.69) is 63.6 Å². The van der Waals surface area contributed by atoms with Crippen molar-refractivity contribution in [3.05, 3.63) is 94.2 Å². The molecule has 0 unspecified atom stereocenters. The van der Waals surface area contributed by atoms with Gasteiger partial charge in [0.15, 0.2) is 0 Å². The van der Waals surface area contributed by atoms with Gasteiger partial charge in [-0.3, -0.25) is 4.79 Å². The minimum atomic E-state index is -0.274. The molecule has 0 saturated heterocycles. The first-order valence-corrected chi connectivity index (χ1v) is 9.91. The second-order valence-electron chi connectivity index (χ2n) is 6.48. The monoisotopic (exact) mass is 451 g/mol. The number of aryl methyl sites for hydroxylation is 2. The summed E-state index contributed by atoms with van der Waals surface area (Å²) in [6.07, 6.45) is 3.25. The SMILES string of the molecule is C=CCOc1ccc(Br)c(/C=N\NC(=O)c2ccc(-n3c(C)ccc3C)cc2)c1. The van der Waals surface area contributed by atoms with E-state index in [0.29, 0.717) is 17.9 Å². The molecule has 1 N–H and O–H groups in total. The average molecular weight is 452 g/mol. The Balaban J connectivity index is 1.67. The Bertz CT molecular complexity index is 1030. The van der Waals surface area contributed by atoms with Gasteiger partial charge < -0.3 is 9.30 Å². The molecule has 0 bridgehead atoms. The fraction of sp³-hybridized carbons (Fsp3) is 0.130. The molecule has 2 aromatic carbocycles. The minimum absolute atomic E-state index is 0.274.